The fraction of sp³-hybridized carbons (Fsp3) is 0. The molecule has 3 heteroatoms. The average Bonchev–Trinajstić information content (AvgIpc) is 3.59. The molecule has 1 heterocycles. The molecule has 0 unspecified atom stereocenters. The van der Waals surface area contributed by atoms with Gasteiger partial charge in [-0.2, -0.15) is 0 Å². The molecular formula is C50H32N2S. The Labute approximate surface area is 311 Å². The van der Waals surface area contributed by atoms with E-state index in [1.165, 1.54) is 74.4 Å². The lowest BCUT2D eigenvalue weighted by Gasteiger charge is -2.15. The molecule has 1 aromatic heterocycles. The predicted molar refractivity (Wildman–Crippen MR) is 230 cm³/mol. The lowest BCUT2D eigenvalue weighted by Crippen LogP contribution is -2.03. The number of aliphatic imine (C=N–C) groups is 1. The topological polar surface area (TPSA) is 36.2 Å². The SMILES string of the molecule is N=C(N=C(/C=C/c1ccc2cc(-c3c4ccccc4cc4c3ccc3ccccc34)ccc2c1)c1ccc2sc3ccccc3c2c1)c1ccccc1. The van der Waals surface area contributed by atoms with E-state index in [4.69, 9.17) is 10.4 Å². The van der Waals surface area contributed by atoms with Crippen molar-refractivity contribution >= 4 is 92.2 Å². The van der Waals surface area contributed by atoms with Gasteiger partial charge in [0.2, 0.25) is 0 Å². The van der Waals surface area contributed by atoms with Crippen molar-refractivity contribution in [3.63, 3.8) is 0 Å². The van der Waals surface area contributed by atoms with Gasteiger partial charge in [-0.3, -0.25) is 5.41 Å². The molecule has 1 N–H and O–H groups in total. The number of allylic oxidation sites excluding steroid dienone is 1. The monoisotopic (exact) mass is 692 g/mol. The summed E-state index contributed by atoms with van der Waals surface area (Å²) in [6.45, 7) is 0. The summed E-state index contributed by atoms with van der Waals surface area (Å²) in [5.74, 6) is 0.237. The summed E-state index contributed by atoms with van der Waals surface area (Å²) in [6, 6.07) is 62.5. The molecule has 2 nitrogen and oxygen atoms in total. The van der Waals surface area contributed by atoms with Crippen LogP contribution < -0.4 is 0 Å². The number of nitrogens with zero attached hydrogens (tertiary/aromatic N) is 1. The van der Waals surface area contributed by atoms with E-state index in [0.29, 0.717) is 0 Å². The average molecular weight is 693 g/mol. The zero-order valence-corrected chi connectivity index (χ0v) is 29.6. The normalized spacial score (nSPS) is 12.3. The Balaban J connectivity index is 1.05. The van der Waals surface area contributed by atoms with E-state index in [0.717, 1.165) is 22.4 Å². The lowest BCUT2D eigenvalue weighted by atomic mass is 9.89. The molecule has 10 rings (SSSR count). The van der Waals surface area contributed by atoms with Crippen LogP contribution in [0.25, 0.3) is 80.5 Å². The fourth-order valence-electron chi connectivity index (χ4n) is 7.69. The summed E-state index contributed by atoms with van der Waals surface area (Å²) < 4.78 is 2.52. The van der Waals surface area contributed by atoms with Crippen LogP contribution in [0.2, 0.25) is 0 Å². The number of thiophene rings is 1. The molecule has 9 aromatic carbocycles. The Bertz CT molecular complexity index is 3130. The van der Waals surface area contributed by atoms with Crippen LogP contribution in [-0.2, 0) is 0 Å². The maximum absolute atomic E-state index is 8.88. The molecule has 0 saturated heterocycles. The first-order valence-corrected chi connectivity index (χ1v) is 18.7. The van der Waals surface area contributed by atoms with Crippen molar-refractivity contribution in [2.24, 2.45) is 4.99 Å². The zero-order valence-electron chi connectivity index (χ0n) is 28.8. The van der Waals surface area contributed by atoms with Gasteiger partial charge in [0.1, 0.15) is 0 Å². The molecule has 0 atom stereocenters. The molecule has 0 radical (unpaired) electrons. The number of nitrogens with one attached hydrogen (secondary N) is 1. The second-order valence-corrected chi connectivity index (χ2v) is 14.6. The van der Waals surface area contributed by atoms with Gasteiger partial charge in [0, 0.05) is 31.3 Å². The summed E-state index contributed by atoms with van der Waals surface area (Å²) in [5, 5.41) is 21.3. The standard InChI is InChI=1S/C50H32N2S/c51-50(34-11-2-1-3-12-34)52-46(38-24-27-48-45(31-38)42-16-8-9-17-47(42)53-48)26-19-32-18-20-36-29-39(22-21-35(36)28-32)49-41-15-7-5-13-37(41)30-44-40-14-6-4-10-33(40)23-25-43(44)49/h1-31,51H/b26-19+,51-50?,52-46?. The predicted octanol–water partition coefficient (Wildman–Crippen LogP) is 13.9. The molecule has 0 saturated carbocycles. The quantitative estimate of drug-likeness (QED) is 0.0807. The highest BCUT2D eigenvalue weighted by Gasteiger charge is 2.13. The number of benzene rings is 9. The van der Waals surface area contributed by atoms with Crippen molar-refractivity contribution in [2.45, 2.75) is 0 Å². The molecule has 53 heavy (non-hydrogen) atoms. The Morgan fingerprint density at radius 1 is 0.453 bits per heavy atom. The first-order valence-electron chi connectivity index (χ1n) is 17.9. The van der Waals surface area contributed by atoms with Crippen LogP contribution >= 0.6 is 11.3 Å². The van der Waals surface area contributed by atoms with E-state index in [2.05, 4.69) is 158 Å². The van der Waals surface area contributed by atoms with Gasteiger partial charge in [0.05, 0.1) is 5.71 Å². The Morgan fingerprint density at radius 2 is 1.15 bits per heavy atom. The van der Waals surface area contributed by atoms with Gasteiger partial charge >= 0.3 is 0 Å². The number of rotatable bonds is 5. The highest BCUT2D eigenvalue weighted by Crippen LogP contribution is 2.40. The van der Waals surface area contributed by atoms with Gasteiger partial charge in [0.25, 0.3) is 0 Å². The Kier molecular flexibility index (Phi) is 7.52. The van der Waals surface area contributed by atoms with Crippen molar-refractivity contribution in [3.05, 3.63) is 199 Å². The first-order chi connectivity index (χ1) is 26.2. The smallest absolute Gasteiger partial charge is 0.152 e. The first kappa shape index (κ1) is 31.1. The van der Waals surface area contributed by atoms with Crippen molar-refractivity contribution in [1.82, 2.24) is 0 Å². The maximum Gasteiger partial charge on any atom is 0.152 e. The van der Waals surface area contributed by atoms with Crippen molar-refractivity contribution in [3.8, 4) is 11.1 Å². The summed E-state index contributed by atoms with van der Waals surface area (Å²) in [7, 11) is 0. The molecule has 0 aliphatic heterocycles. The van der Waals surface area contributed by atoms with Crippen LogP contribution in [0.15, 0.2) is 187 Å². The molecule has 0 aliphatic carbocycles. The van der Waals surface area contributed by atoms with Gasteiger partial charge < -0.3 is 0 Å². The molecule has 0 aliphatic rings. The van der Waals surface area contributed by atoms with Gasteiger partial charge in [-0.05, 0) is 102 Å². The zero-order chi connectivity index (χ0) is 35.3. The number of amidine groups is 1. The summed E-state index contributed by atoms with van der Waals surface area (Å²) in [5.41, 5.74) is 6.08. The maximum atomic E-state index is 8.88. The molecule has 0 bridgehead atoms. The minimum absolute atomic E-state index is 0.237. The summed E-state index contributed by atoms with van der Waals surface area (Å²) in [6.07, 6.45) is 4.17. The van der Waals surface area contributed by atoms with Crippen LogP contribution in [0.4, 0.5) is 0 Å². The van der Waals surface area contributed by atoms with Crippen LogP contribution in [0.3, 0.4) is 0 Å². The van der Waals surface area contributed by atoms with Gasteiger partial charge in [-0.25, -0.2) is 4.99 Å². The minimum Gasteiger partial charge on any atom is -0.282 e. The van der Waals surface area contributed by atoms with E-state index in [1.807, 2.05) is 30.3 Å². The molecular weight excluding hydrogens is 661 g/mol. The Morgan fingerprint density at radius 3 is 2.04 bits per heavy atom. The third-order valence-corrected chi connectivity index (χ3v) is 11.5. The molecule has 0 spiro atoms. The number of hydrogen-bond acceptors (Lipinski definition) is 2. The van der Waals surface area contributed by atoms with Crippen LogP contribution in [0, 0.1) is 5.41 Å². The van der Waals surface area contributed by atoms with E-state index in [-0.39, 0.29) is 5.84 Å². The number of hydrogen-bond donors (Lipinski definition) is 1. The molecule has 248 valence electrons. The second kappa shape index (κ2) is 12.8. The number of fused-ring (bicyclic) bond motifs is 8. The largest absolute Gasteiger partial charge is 0.282 e. The highest BCUT2D eigenvalue weighted by atomic mass is 32.1. The fourth-order valence-corrected chi connectivity index (χ4v) is 8.78. The van der Waals surface area contributed by atoms with Crippen LogP contribution in [-0.4, -0.2) is 11.5 Å². The van der Waals surface area contributed by atoms with Gasteiger partial charge in [-0.1, -0.05) is 146 Å². The minimum atomic E-state index is 0.237. The molecule has 10 aromatic rings. The van der Waals surface area contributed by atoms with Crippen molar-refractivity contribution in [1.29, 1.82) is 5.41 Å². The van der Waals surface area contributed by atoms with Crippen LogP contribution in [0.1, 0.15) is 16.7 Å². The van der Waals surface area contributed by atoms with Crippen molar-refractivity contribution in [2.75, 3.05) is 0 Å². The summed E-state index contributed by atoms with van der Waals surface area (Å²) in [4.78, 5) is 4.90. The third kappa shape index (κ3) is 5.59. The summed E-state index contributed by atoms with van der Waals surface area (Å²) >= 11 is 1.80. The highest BCUT2D eigenvalue weighted by molar-refractivity contribution is 7.25. The second-order valence-electron chi connectivity index (χ2n) is 13.5. The van der Waals surface area contributed by atoms with Crippen LogP contribution in [0.5, 0.6) is 0 Å². The molecule has 0 amide bonds. The van der Waals surface area contributed by atoms with Gasteiger partial charge in [0.15, 0.2) is 5.84 Å². The van der Waals surface area contributed by atoms with E-state index in [9.17, 15) is 0 Å². The third-order valence-electron chi connectivity index (χ3n) is 10.3. The van der Waals surface area contributed by atoms with E-state index in [1.54, 1.807) is 11.3 Å². The van der Waals surface area contributed by atoms with E-state index < -0.39 is 0 Å². The van der Waals surface area contributed by atoms with Gasteiger partial charge in [-0.15, -0.1) is 11.3 Å². The van der Waals surface area contributed by atoms with E-state index >= 15 is 0 Å². The Hall–Kier alpha value is -6.68. The molecule has 0 fully saturated rings. The lowest BCUT2D eigenvalue weighted by molar-refractivity contribution is 1.41. The van der Waals surface area contributed by atoms with Crippen molar-refractivity contribution < 1.29 is 0 Å².